The molecule has 1 rings (SSSR count). The minimum absolute atomic E-state index is 0.0983. The Morgan fingerprint density at radius 3 is 2.40 bits per heavy atom. The van der Waals surface area contributed by atoms with Crippen molar-refractivity contribution in [2.24, 2.45) is 5.73 Å². The van der Waals surface area contributed by atoms with E-state index in [1.165, 1.54) is 0 Å². The molecule has 2 N–H and O–H groups in total. The Kier molecular flexibility index (Phi) is 2.46. The molecule has 0 saturated carbocycles. The van der Waals surface area contributed by atoms with Gasteiger partial charge in [-0.15, -0.1) is 0 Å². The van der Waals surface area contributed by atoms with Gasteiger partial charge in [-0.05, 0) is 12.0 Å². The van der Waals surface area contributed by atoms with Crippen LogP contribution in [0, 0.1) is 6.92 Å². The van der Waals surface area contributed by atoms with Crippen molar-refractivity contribution < 1.29 is 0 Å². The third-order valence-electron chi connectivity index (χ3n) is 1.54. The summed E-state index contributed by atoms with van der Waals surface area (Å²) in [6.07, 6.45) is 0.754. The molecule has 1 aromatic rings. The zero-order valence-electron chi connectivity index (χ0n) is 5.96. The van der Waals surface area contributed by atoms with Crippen molar-refractivity contribution in [3.05, 3.63) is 42.8 Å². The summed E-state index contributed by atoms with van der Waals surface area (Å²) in [5.41, 5.74) is 6.90. The van der Waals surface area contributed by atoms with E-state index < -0.39 is 0 Å². The Balaban J connectivity index is 2.75. The van der Waals surface area contributed by atoms with Crippen LogP contribution in [-0.4, -0.2) is 0 Å². The zero-order valence-corrected chi connectivity index (χ0v) is 5.96. The summed E-state index contributed by atoms with van der Waals surface area (Å²) in [4.78, 5) is 0. The molecule has 0 bridgehead atoms. The molecule has 10 heavy (non-hydrogen) atoms. The maximum Gasteiger partial charge on any atom is 0.0294 e. The highest BCUT2D eigenvalue weighted by atomic mass is 14.6. The Labute approximate surface area is 61.9 Å². The van der Waals surface area contributed by atoms with Crippen LogP contribution >= 0.6 is 0 Å². The largest absolute Gasteiger partial charge is 0.324 e. The summed E-state index contributed by atoms with van der Waals surface area (Å²) in [5.74, 6) is 0. The van der Waals surface area contributed by atoms with Gasteiger partial charge in [0.15, 0.2) is 0 Å². The predicted molar refractivity (Wildman–Crippen MR) is 43.3 cm³/mol. The second kappa shape index (κ2) is 3.37. The molecule has 0 spiro atoms. The van der Waals surface area contributed by atoms with E-state index in [0.717, 1.165) is 12.0 Å². The monoisotopic (exact) mass is 134 g/mol. The van der Waals surface area contributed by atoms with Crippen molar-refractivity contribution in [1.82, 2.24) is 0 Å². The molecule has 1 heteroatoms. The van der Waals surface area contributed by atoms with E-state index in [-0.39, 0.29) is 6.04 Å². The molecule has 0 aliphatic heterocycles. The average Bonchev–Trinajstić information content (AvgIpc) is 2.05. The van der Waals surface area contributed by atoms with E-state index in [2.05, 4.69) is 6.92 Å². The Bertz CT molecular complexity index is 181. The van der Waals surface area contributed by atoms with Gasteiger partial charge < -0.3 is 5.73 Å². The smallest absolute Gasteiger partial charge is 0.0294 e. The van der Waals surface area contributed by atoms with E-state index in [9.17, 15) is 0 Å². The second-order valence-electron chi connectivity index (χ2n) is 2.31. The van der Waals surface area contributed by atoms with Crippen molar-refractivity contribution in [1.29, 1.82) is 0 Å². The minimum atomic E-state index is 0.0983. The molecule has 1 nitrogen and oxygen atoms in total. The fourth-order valence-corrected chi connectivity index (χ4v) is 0.867. The number of rotatable bonds is 2. The summed E-state index contributed by atoms with van der Waals surface area (Å²) in [7, 11) is 0. The molecule has 0 heterocycles. The van der Waals surface area contributed by atoms with E-state index in [4.69, 9.17) is 5.73 Å². The van der Waals surface area contributed by atoms with Gasteiger partial charge in [-0.3, -0.25) is 0 Å². The zero-order chi connectivity index (χ0) is 7.40. The molecule has 0 saturated heterocycles. The highest BCUT2D eigenvalue weighted by Crippen LogP contribution is 2.11. The lowest BCUT2D eigenvalue weighted by molar-refractivity contribution is 0.739. The van der Waals surface area contributed by atoms with Crippen LogP contribution in [0.4, 0.5) is 0 Å². The van der Waals surface area contributed by atoms with Gasteiger partial charge in [-0.2, -0.15) is 0 Å². The van der Waals surface area contributed by atoms with Crippen LogP contribution in [0.2, 0.25) is 0 Å². The van der Waals surface area contributed by atoms with Gasteiger partial charge in [0, 0.05) is 6.04 Å². The van der Waals surface area contributed by atoms with Gasteiger partial charge in [-0.25, -0.2) is 0 Å². The molecule has 53 valence electrons. The number of nitrogens with two attached hydrogens (primary N) is 1. The quantitative estimate of drug-likeness (QED) is 0.657. The fraction of sp³-hybridized carbons (Fsp3) is 0.222. The van der Waals surface area contributed by atoms with Crippen molar-refractivity contribution in [3.63, 3.8) is 0 Å². The first kappa shape index (κ1) is 7.29. The van der Waals surface area contributed by atoms with Crippen LogP contribution in [0.25, 0.3) is 0 Å². The first-order valence-corrected chi connectivity index (χ1v) is 3.44. The molecule has 0 aliphatic rings. The van der Waals surface area contributed by atoms with E-state index >= 15 is 0 Å². The van der Waals surface area contributed by atoms with E-state index in [1.54, 1.807) is 0 Å². The van der Waals surface area contributed by atoms with Gasteiger partial charge in [-0.1, -0.05) is 37.3 Å². The molecule has 1 radical (unpaired) electrons. The maximum atomic E-state index is 5.73. The van der Waals surface area contributed by atoms with Crippen molar-refractivity contribution >= 4 is 0 Å². The molecule has 0 unspecified atom stereocenters. The van der Waals surface area contributed by atoms with Crippen molar-refractivity contribution in [2.75, 3.05) is 0 Å². The molecular weight excluding hydrogens is 122 g/mol. The Morgan fingerprint density at radius 1 is 1.30 bits per heavy atom. The second-order valence-corrected chi connectivity index (χ2v) is 2.31. The number of hydrogen-bond acceptors (Lipinski definition) is 1. The standard InChI is InChI=1S/C9H12N/c1-2-9(10)8-6-4-3-5-7-8/h3-7,9H,1-2,10H2/t9-/m0/s1. The molecule has 0 amide bonds. The highest BCUT2D eigenvalue weighted by Gasteiger charge is 1.99. The third kappa shape index (κ3) is 1.58. The first-order valence-electron chi connectivity index (χ1n) is 3.44. The molecule has 0 fully saturated rings. The van der Waals surface area contributed by atoms with Gasteiger partial charge >= 0.3 is 0 Å². The van der Waals surface area contributed by atoms with Crippen LogP contribution in [0.1, 0.15) is 18.0 Å². The van der Waals surface area contributed by atoms with Crippen molar-refractivity contribution in [2.45, 2.75) is 12.5 Å². The van der Waals surface area contributed by atoms with Gasteiger partial charge in [0.05, 0.1) is 0 Å². The molecule has 1 atom stereocenters. The van der Waals surface area contributed by atoms with Crippen LogP contribution in [0.5, 0.6) is 0 Å². The summed E-state index contributed by atoms with van der Waals surface area (Å²) < 4.78 is 0. The molecule has 0 aromatic heterocycles. The topological polar surface area (TPSA) is 26.0 Å². The predicted octanol–water partition coefficient (Wildman–Crippen LogP) is 1.91. The van der Waals surface area contributed by atoms with Crippen LogP contribution < -0.4 is 5.73 Å². The SMILES string of the molecule is [CH2]C[C@H](N)c1ccccc1. The summed E-state index contributed by atoms with van der Waals surface area (Å²) in [5, 5.41) is 0. The average molecular weight is 134 g/mol. The number of benzene rings is 1. The summed E-state index contributed by atoms with van der Waals surface area (Å²) in [6, 6.07) is 10.1. The van der Waals surface area contributed by atoms with Gasteiger partial charge in [0.2, 0.25) is 0 Å². The Hall–Kier alpha value is -0.820. The van der Waals surface area contributed by atoms with Crippen LogP contribution in [-0.2, 0) is 0 Å². The van der Waals surface area contributed by atoms with Crippen LogP contribution in [0.3, 0.4) is 0 Å². The van der Waals surface area contributed by atoms with Crippen LogP contribution in [0.15, 0.2) is 30.3 Å². The number of hydrogen-bond donors (Lipinski definition) is 1. The lowest BCUT2D eigenvalue weighted by Crippen LogP contribution is -2.07. The van der Waals surface area contributed by atoms with E-state index in [0.29, 0.717) is 0 Å². The van der Waals surface area contributed by atoms with Gasteiger partial charge in [0.1, 0.15) is 0 Å². The van der Waals surface area contributed by atoms with Crippen molar-refractivity contribution in [3.8, 4) is 0 Å². The van der Waals surface area contributed by atoms with E-state index in [1.807, 2.05) is 30.3 Å². The maximum absolute atomic E-state index is 5.73. The molecule has 0 aliphatic carbocycles. The third-order valence-corrected chi connectivity index (χ3v) is 1.54. The lowest BCUT2D eigenvalue weighted by atomic mass is 10.1. The molecule has 1 aromatic carbocycles. The summed E-state index contributed by atoms with van der Waals surface area (Å²) >= 11 is 0. The first-order chi connectivity index (χ1) is 4.84. The molecular formula is C9H12N. The Morgan fingerprint density at radius 2 is 1.90 bits per heavy atom. The van der Waals surface area contributed by atoms with Gasteiger partial charge in [0.25, 0.3) is 0 Å². The lowest BCUT2D eigenvalue weighted by Gasteiger charge is -2.06. The summed E-state index contributed by atoms with van der Waals surface area (Å²) in [6.45, 7) is 3.74. The highest BCUT2D eigenvalue weighted by molar-refractivity contribution is 5.18. The normalized spacial score (nSPS) is 13.0. The fourth-order valence-electron chi connectivity index (χ4n) is 0.867. The minimum Gasteiger partial charge on any atom is -0.324 e.